The van der Waals surface area contributed by atoms with E-state index >= 15 is 0 Å². The Bertz CT molecular complexity index is 951. The van der Waals surface area contributed by atoms with Crippen LogP contribution in [0.2, 0.25) is 0 Å². The number of nitrogens with one attached hydrogen (secondary N) is 1. The second-order valence-electron chi connectivity index (χ2n) is 14.4. The van der Waals surface area contributed by atoms with Crippen molar-refractivity contribution >= 4 is 5.91 Å². The second kappa shape index (κ2) is 33.7. The normalized spacial score (nSPS) is 22.3. The van der Waals surface area contributed by atoms with E-state index in [-0.39, 0.29) is 12.5 Å². The number of aliphatic hydroxyl groups excluding tert-OH is 5. The minimum atomic E-state index is -1.56. The molecule has 0 aromatic carbocycles. The van der Waals surface area contributed by atoms with E-state index in [4.69, 9.17) is 9.47 Å². The van der Waals surface area contributed by atoms with Gasteiger partial charge in [0.1, 0.15) is 24.4 Å². The van der Waals surface area contributed by atoms with E-state index in [0.717, 1.165) is 51.4 Å². The number of amides is 1. The first kappa shape index (κ1) is 48.2. The van der Waals surface area contributed by atoms with Crippen molar-refractivity contribution in [2.45, 2.75) is 204 Å². The highest BCUT2D eigenvalue weighted by Gasteiger charge is 2.44. The van der Waals surface area contributed by atoms with E-state index in [1.807, 2.05) is 6.08 Å². The van der Waals surface area contributed by atoms with Crippen molar-refractivity contribution in [3.8, 4) is 0 Å². The molecule has 0 saturated carbocycles. The number of unbranched alkanes of at least 4 members (excludes halogenated alkanes) is 17. The fraction of sp³-hybridized carbons (Fsp3) is 0.791. The van der Waals surface area contributed by atoms with Gasteiger partial charge in [-0.2, -0.15) is 0 Å². The minimum absolute atomic E-state index is 0.193. The van der Waals surface area contributed by atoms with Gasteiger partial charge in [0.05, 0.1) is 25.4 Å². The maximum Gasteiger partial charge on any atom is 0.220 e. The molecule has 0 aromatic heterocycles. The Balaban J connectivity index is 2.15. The number of carbonyl (C=O) groups is 1. The van der Waals surface area contributed by atoms with Gasteiger partial charge in [0, 0.05) is 6.42 Å². The van der Waals surface area contributed by atoms with Gasteiger partial charge in [-0.05, 0) is 51.4 Å². The summed E-state index contributed by atoms with van der Waals surface area (Å²) in [5.74, 6) is -0.193. The summed E-state index contributed by atoms with van der Waals surface area (Å²) in [6.07, 6.45) is 35.1. The van der Waals surface area contributed by atoms with Crippen LogP contribution in [0.1, 0.15) is 162 Å². The predicted octanol–water partition coefficient (Wildman–Crippen LogP) is 7.89. The molecule has 7 atom stereocenters. The van der Waals surface area contributed by atoms with E-state index in [2.05, 4.69) is 55.6 Å². The third-order valence-electron chi connectivity index (χ3n) is 9.65. The molecule has 52 heavy (non-hydrogen) atoms. The highest BCUT2D eigenvalue weighted by molar-refractivity contribution is 5.76. The predicted molar refractivity (Wildman–Crippen MR) is 212 cm³/mol. The Morgan fingerprint density at radius 1 is 0.654 bits per heavy atom. The molecule has 9 heteroatoms. The van der Waals surface area contributed by atoms with Crippen LogP contribution in [0.5, 0.6) is 0 Å². The Morgan fingerprint density at radius 2 is 1.15 bits per heavy atom. The molecule has 0 radical (unpaired) electrons. The molecule has 302 valence electrons. The van der Waals surface area contributed by atoms with Gasteiger partial charge in [0.2, 0.25) is 5.91 Å². The summed E-state index contributed by atoms with van der Waals surface area (Å²) in [4.78, 5) is 12.8. The van der Waals surface area contributed by atoms with Crippen molar-refractivity contribution < 1.29 is 39.8 Å². The monoisotopic (exact) mass is 736 g/mol. The number of aliphatic hydroxyl groups is 5. The van der Waals surface area contributed by atoms with Crippen LogP contribution < -0.4 is 5.32 Å². The van der Waals surface area contributed by atoms with E-state index in [9.17, 15) is 30.3 Å². The molecule has 1 heterocycles. The van der Waals surface area contributed by atoms with Crippen molar-refractivity contribution in [1.82, 2.24) is 5.32 Å². The molecular formula is C43H77NO8. The Morgan fingerprint density at radius 3 is 1.71 bits per heavy atom. The van der Waals surface area contributed by atoms with Gasteiger partial charge in [0.15, 0.2) is 6.29 Å². The lowest BCUT2D eigenvalue weighted by Gasteiger charge is -2.40. The van der Waals surface area contributed by atoms with Crippen LogP contribution in [0.3, 0.4) is 0 Å². The Labute approximate surface area is 316 Å². The summed E-state index contributed by atoms with van der Waals surface area (Å²) in [5, 5.41) is 53.5. The molecule has 1 saturated heterocycles. The van der Waals surface area contributed by atoms with Crippen LogP contribution in [0, 0.1) is 0 Å². The molecule has 9 nitrogen and oxygen atoms in total. The van der Waals surface area contributed by atoms with Gasteiger partial charge in [-0.15, -0.1) is 0 Å². The van der Waals surface area contributed by atoms with Crippen LogP contribution >= 0.6 is 0 Å². The molecule has 1 amide bonds. The van der Waals surface area contributed by atoms with Crippen molar-refractivity contribution in [3.05, 3.63) is 48.6 Å². The summed E-state index contributed by atoms with van der Waals surface area (Å²) in [6, 6.07) is -0.803. The average molecular weight is 736 g/mol. The first-order chi connectivity index (χ1) is 25.3. The molecule has 1 aliphatic rings. The van der Waals surface area contributed by atoms with Gasteiger partial charge >= 0.3 is 0 Å². The zero-order valence-corrected chi connectivity index (χ0v) is 32.8. The van der Waals surface area contributed by atoms with Crippen molar-refractivity contribution in [3.63, 3.8) is 0 Å². The number of hydrogen-bond acceptors (Lipinski definition) is 8. The quantitative estimate of drug-likeness (QED) is 0.0295. The molecule has 1 rings (SSSR count). The van der Waals surface area contributed by atoms with Crippen LogP contribution in [0.4, 0.5) is 0 Å². The molecule has 7 unspecified atom stereocenters. The van der Waals surface area contributed by atoms with Gasteiger partial charge < -0.3 is 40.3 Å². The summed E-state index contributed by atoms with van der Waals surface area (Å²) in [5.41, 5.74) is 0. The summed E-state index contributed by atoms with van der Waals surface area (Å²) in [7, 11) is 0. The molecular weight excluding hydrogens is 658 g/mol. The lowest BCUT2D eigenvalue weighted by Crippen LogP contribution is -2.60. The molecule has 0 aromatic rings. The molecule has 0 aliphatic carbocycles. The largest absolute Gasteiger partial charge is 0.394 e. The fourth-order valence-electron chi connectivity index (χ4n) is 6.21. The maximum atomic E-state index is 12.8. The lowest BCUT2D eigenvalue weighted by molar-refractivity contribution is -0.302. The average Bonchev–Trinajstić information content (AvgIpc) is 3.14. The highest BCUT2D eigenvalue weighted by atomic mass is 16.7. The van der Waals surface area contributed by atoms with Gasteiger partial charge in [0.25, 0.3) is 0 Å². The SMILES string of the molecule is CCCC/C=C/C(O)C(COC1OC(CO)C(O)C(O)C1O)NC(=O)CCCCCCCCCCCC/C=C\C/C=C\C/C=C\CCCCCCC. The van der Waals surface area contributed by atoms with E-state index in [1.54, 1.807) is 6.08 Å². The first-order valence-corrected chi connectivity index (χ1v) is 20.9. The van der Waals surface area contributed by atoms with E-state index in [1.165, 1.54) is 89.9 Å². The van der Waals surface area contributed by atoms with Crippen LogP contribution in [0.25, 0.3) is 0 Å². The lowest BCUT2D eigenvalue weighted by atomic mass is 9.99. The standard InChI is InChI=1S/C43H77NO8/c1-3-5-7-9-10-11-12-13-14-15-16-17-18-19-20-21-22-23-24-25-26-27-28-29-31-33-39(47)44-36(37(46)32-30-8-6-4-2)35-51-43-42(50)41(49)40(48)38(34-45)52-43/h12-13,15-16,18-19,30,32,36-38,40-43,45-46,48-50H,3-11,14,17,20-29,31,33-35H2,1-2H3,(H,44,47)/b13-12-,16-15-,19-18-,32-30+. The van der Waals surface area contributed by atoms with E-state index < -0.39 is 49.5 Å². The Hall–Kier alpha value is -1.85. The smallest absolute Gasteiger partial charge is 0.220 e. The van der Waals surface area contributed by atoms with Crippen molar-refractivity contribution in [2.75, 3.05) is 13.2 Å². The van der Waals surface area contributed by atoms with Crippen molar-refractivity contribution in [1.29, 1.82) is 0 Å². The molecule has 6 N–H and O–H groups in total. The third kappa shape index (κ3) is 24.5. The molecule has 1 aliphatic heterocycles. The van der Waals surface area contributed by atoms with E-state index in [0.29, 0.717) is 6.42 Å². The van der Waals surface area contributed by atoms with Crippen molar-refractivity contribution in [2.24, 2.45) is 0 Å². The summed E-state index contributed by atoms with van der Waals surface area (Å²) < 4.78 is 11.1. The summed E-state index contributed by atoms with van der Waals surface area (Å²) >= 11 is 0. The number of hydrogen-bond donors (Lipinski definition) is 6. The van der Waals surface area contributed by atoms with Crippen LogP contribution in [-0.4, -0.2) is 87.5 Å². The highest BCUT2D eigenvalue weighted by Crippen LogP contribution is 2.22. The zero-order chi connectivity index (χ0) is 38.1. The third-order valence-corrected chi connectivity index (χ3v) is 9.65. The van der Waals surface area contributed by atoms with Gasteiger partial charge in [-0.1, -0.05) is 152 Å². The van der Waals surface area contributed by atoms with Crippen LogP contribution in [0.15, 0.2) is 48.6 Å². The maximum absolute atomic E-state index is 12.8. The molecule has 0 bridgehead atoms. The zero-order valence-electron chi connectivity index (χ0n) is 32.8. The second-order valence-corrected chi connectivity index (χ2v) is 14.4. The van der Waals surface area contributed by atoms with Gasteiger partial charge in [-0.25, -0.2) is 0 Å². The molecule has 0 spiro atoms. The van der Waals surface area contributed by atoms with Gasteiger partial charge in [-0.3, -0.25) is 4.79 Å². The topological polar surface area (TPSA) is 149 Å². The Kier molecular flexibility index (Phi) is 31.2. The number of allylic oxidation sites excluding steroid dienone is 7. The fourth-order valence-corrected chi connectivity index (χ4v) is 6.21. The van der Waals surface area contributed by atoms with Crippen LogP contribution in [-0.2, 0) is 14.3 Å². The number of rotatable bonds is 33. The minimum Gasteiger partial charge on any atom is -0.394 e. The number of ether oxygens (including phenoxy) is 2. The first-order valence-electron chi connectivity index (χ1n) is 20.9. The summed E-state index contributed by atoms with van der Waals surface area (Å²) in [6.45, 7) is 3.58. The number of carbonyl (C=O) groups excluding carboxylic acids is 1. The molecule has 1 fully saturated rings.